The van der Waals surface area contributed by atoms with E-state index in [0.717, 1.165) is 16.7 Å². The number of hydrogen-bond acceptors (Lipinski definition) is 3. The van der Waals surface area contributed by atoms with Gasteiger partial charge in [0.05, 0.1) is 12.6 Å². The highest BCUT2D eigenvalue weighted by Gasteiger charge is 2.10. The van der Waals surface area contributed by atoms with Gasteiger partial charge in [0.1, 0.15) is 5.75 Å². The molecule has 0 aliphatic rings. The van der Waals surface area contributed by atoms with Gasteiger partial charge in [-0.25, -0.2) is 0 Å². The predicted octanol–water partition coefficient (Wildman–Crippen LogP) is 2.65. The Bertz CT molecular complexity index is 507. The molecule has 1 aromatic heterocycles. The highest BCUT2D eigenvalue weighted by molar-refractivity contribution is 6.34. The molecule has 2 rings (SSSR count). The molecule has 0 unspecified atom stereocenters. The molecule has 0 saturated carbocycles. The van der Waals surface area contributed by atoms with E-state index >= 15 is 0 Å². The zero-order valence-electron chi connectivity index (χ0n) is 9.49. The largest absolute Gasteiger partial charge is 0.497 e. The van der Waals surface area contributed by atoms with Gasteiger partial charge in [-0.15, -0.1) is 5.10 Å². The first kappa shape index (κ1) is 11.1. The number of nitrogens with zero attached hydrogens (tertiary/aromatic N) is 2. The standard InChI is InChI=1S/C11H14ClN3O/c1-7(2)13-15-10-6-8(16-3)4-5-9(10)11(12)14-15/h4-7,13H,1-3H3. The van der Waals surface area contributed by atoms with Crippen molar-refractivity contribution in [1.82, 2.24) is 9.89 Å². The molecule has 4 nitrogen and oxygen atoms in total. The van der Waals surface area contributed by atoms with E-state index in [1.807, 2.05) is 32.0 Å². The van der Waals surface area contributed by atoms with Gasteiger partial charge in [0.2, 0.25) is 0 Å². The maximum absolute atomic E-state index is 6.04. The number of hydrogen-bond donors (Lipinski definition) is 1. The van der Waals surface area contributed by atoms with E-state index in [1.54, 1.807) is 11.9 Å². The number of fused-ring (bicyclic) bond motifs is 1. The van der Waals surface area contributed by atoms with Gasteiger partial charge in [-0.3, -0.25) is 0 Å². The minimum Gasteiger partial charge on any atom is -0.497 e. The Balaban J connectivity index is 2.56. The summed E-state index contributed by atoms with van der Waals surface area (Å²) < 4.78 is 5.18. The van der Waals surface area contributed by atoms with Crippen molar-refractivity contribution < 1.29 is 4.74 Å². The van der Waals surface area contributed by atoms with Gasteiger partial charge in [0.15, 0.2) is 5.15 Å². The van der Waals surface area contributed by atoms with Crippen LogP contribution in [0.25, 0.3) is 10.9 Å². The number of nitrogens with one attached hydrogen (secondary N) is 1. The summed E-state index contributed by atoms with van der Waals surface area (Å²) in [5.74, 6) is 0.788. The van der Waals surface area contributed by atoms with Crippen molar-refractivity contribution >= 4 is 22.5 Å². The predicted molar refractivity (Wildman–Crippen MR) is 65.8 cm³/mol. The second-order valence-electron chi connectivity index (χ2n) is 3.87. The molecule has 1 heterocycles. The van der Waals surface area contributed by atoms with E-state index in [-0.39, 0.29) is 6.04 Å². The monoisotopic (exact) mass is 239 g/mol. The molecule has 0 saturated heterocycles. The van der Waals surface area contributed by atoms with E-state index in [1.165, 1.54) is 0 Å². The fraction of sp³-hybridized carbons (Fsp3) is 0.364. The van der Waals surface area contributed by atoms with Gasteiger partial charge in [-0.05, 0) is 26.0 Å². The van der Waals surface area contributed by atoms with Crippen LogP contribution in [0.4, 0.5) is 0 Å². The van der Waals surface area contributed by atoms with Gasteiger partial charge in [-0.2, -0.15) is 4.79 Å². The van der Waals surface area contributed by atoms with Crippen LogP contribution < -0.4 is 10.2 Å². The lowest BCUT2D eigenvalue weighted by atomic mass is 10.2. The van der Waals surface area contributed by atoms with Crippen molar-refractivity contribution in [2.45, 2.75) is 19.9 Å². The Labute approximate surface area is 99.1 Å². The van der Waals surface area contributed by atoms with E-state index in [9.17, 15) is 0 Å². The summed E-state index contributed by atoms with van der Waals surface area (Å²) in [7, 11) is 1.64. The van der Waals surface area contributed by atoms with Crippen molar-refractivity contribution in [3.8, 4) is 5.75 Å². The van der Waals surface area contributed by atoms with Gasteiger partial charge in [0.25, 0.3) is 0 Å². The molecule has 0 radical (unpaired) electrons. The lowest BCUT2D eigenvalue weighted by molar-refractivity contribution is 0.415. The first-order chi connectivity index (χ1) is 7.61. The molecule has 1 N–H and O–H groups in total. The Morgan fingerprint density at radius 2 is 2.19 bits per heavy atom. The highest BCUT2D eigenvalue weighted by Crippen LogP contribution is 2.26. The second-order valence-corrected chi connectivity index (χ2v) is 4.23. The average molecular weight is 240 g/mol. The fourth-order valence-electron chi connectivity index (χ4n) is 1.53. The van der Waals surface area contributed by atoms with Gasteiger partial charge >= 0.3 is 0 Å². The Morgan fingerprint density at radius 1 is 1.44 bits per heavy atom. The Morgan fingerprint density at radius 3 is 2.81 bits per heavy atom. The van der Waals surface area contributed by atoms with Crippen LogP contribution in [0.1, 0.15) is 13.8 Å². The summed E-state index contributed by atoms with van der Waals surface area (Å²) >= 11 is 6.04. The van der Waals surface area contributed by atoms with Crippen LogP contribution in [0.15, 0.2) is 18.2 Å². The molecule has 5 heteroatoms. The van der Waals surface area contributed by atoms with Crippen molar-refractivity contribution in [3.05, 3.63) is 23.4 Å². The fourth-order valence-corrected chi connectivity index (χ4v) is 1.76. The average Bonchev–Trinajstić information content (AvgIpc) is 2.54. The van der Waals surface area contributed by atoms with Crippen molar-refractivity contribution in [2.24, 2.45) is 0 Å². The lowest BCUT2D eigenvalue weighted by Gasteiger charge is -2.10. The summed E-state index contributed by atoms with van der Waals surface area (Å²) in [6.45, 7) is 4.09. The van der Waals surface area contributed by atoms with Crippen molar-refractivity contribution in [1.29, 1.82) is 0 Å². The van der Waals surface area contributed by atoms with Crippen molar-refractivity contribution in [2.75, 3.05) is 12.5 Å². The van der Waals surface area contributed by atoms with E-state index in [0.29, 0.717) is 5.15 Å². The first-order valence-electron chi connectivity index (χ1n) is 5.10. The van der Waals surface area contributed by atoms with Gasteiger partial charge < -0.3 is 10.2 Å². The molecule has 0 atom stereocenters. The molecular weight excluding hydrogens is 226 g/mol. The first-order valence-corrected chi connectivity index (χ1v) is 5.48. The smallest absolute Gasteiger partial charge is 0.161 e. The minimum atomic E-state index is 0.283. The molecule has 16 heavy (non-hydrogen) atoms. The summed E-state index contributed by atoms with van der Waals surface area (Å²) in [5.41, 5.74) is 4.10. The molecule has 1 aromatic carbocycles. The molecule has 2 aromatic rings. The number of aromatic nitrogens is 2. The van der Waals surface area contributed by atoms with Crippen LogP contribution in [0, 0.1) is 0 Å². The molecule has 0 amide bonds. The topological polar surface area (TPSA) is 39.1 Å². The van der Waals surface area contributed by atoms with Gasteiger partial charge in [0, 0.05) is 17.5 Å². The van der Waals surface area contributed by atoms with Crippen LogP contribution in [0.2, 0.25) is 5.15 Å². The molecule has 0 aliphatic carbocycles. The Hall–Kier alpha value is -1.42. The van der Waals surface area contributed by atoms with Crippen LogP contribution in [0.5, 0.6) is 5.75 Å². The number of benzene rings is 1. The molecule has 0 bridgehead atoms. The zero-order chi connectivity index (χ0) is 11.7. The lowest BCUT2D eigenvalue weighted by Crippen LogP contribution is -2.23. The maximum Gasteiger partial charge on any atom is 0.161 e. The summed E-state index contributed by atoms with van der Waals surface area (Å²) in [5, 5.41) is 5.62. The highest BCUT2D eigenvalue weighted by atomic mass is 35.5. The third-order valence-corrected chi connectivity index (χ3v) is 2.50. The normalized spacial score (nSPS) is 11.1. The minimum absolute atomic E-state index is 0.283. The zero-order valence-corrected chi connectivity index (χ0v) is 10.2. The third kappa shape index (κ3) is 1.93. The Kier molecular flexibility index (Phi) is 2.92. The molecular formula is C11H14ClN3O. The van der Waals surface area contributed by atoms with E-state index in [4.69, 9.17) is 16.3 Å². The molecule has 0 fully saturated rings. The summed E-state index contributed by atoms with van der Waals surface area (Å²) in [6.07, 6.45) is 0. The summed E-state index contributed by atoms with van der Waals surface area (Å²) in [4.78, 5) is 1.69. The van der Waals surface area contributed by atoms with Gasteiger partial charge in [-0.1, -0.05) is 11.6 Å². The van der Waals surface area contributed by atoms with Crippen molar-refractivity contribution in [3.63, 3.8) is 0 Å². The number of methoxy groups -OCH3 is 1. The number of rotatable bonds is 3. The molecule has 0 spiro atoms. The molecule has 86 valence electrons. The molecule has 0 aliphatic heterocycles. The third-order valence-electron chi connectivity index (χ3n) is 2.22. The SMILES string of the molecule is COc1ccc2c(Cl)nn(NC(C)C)c2c1. The maximum atomic E-state index is 6.04. The van der Waals surface area contributed by atoms with Crippen LogP contribution in [-0.4, -0.2) is 23.0 Å². The van der Waals surface area contributed by atoms with E-state index in [2.05, 4.69) is 10.5 Å². The number of halogens is 1. The van der Waals surface area contributed by atoms with E-state index < -0.39 is 0 Å². The van der Waals surface area contributed by atoms with Crippen LogP contribution >= 0.6 is 11.6 Å². The summed E-state index contributed by atoms with van der Waals surface area (Å²) in [6, 6.07) is 5.96. The van der Waals surface area contributed by atoms with Crippen LogP contribution in [-0.2, 0) is 0 Å². The number of ether oxygens (including phenoxy) is 1. The van der Waals surface area contributed by atoms with Crippen LogP contribution in [0.3, 0.4) is 0 Å². The second kappa shape index (κ2) is 4.22. The quantitative estimate of drug-likeness (QED) is 0.895.